The highest BCUT2D eigenvalue weighted by atomic mass is 32.1. The Kier molecular flexibility index (Phi) is 6.44. The van der Waals surface area contributed by atoms with Crippen molar-refractivity contribution in [3.8, 4) is 28.3 Å². The van der Waals surface area contributed by atoms with Crippen LogP contribution in [0, 0.1) is 4.77 Å². The molecule has 0 aliphatic carbocycles. The molecule has 2 N–H and O–H groups in total. The number of pyridine rings is 1. The summed E-state index contributed by atoms with van der Waals surface area (Å²) >= 11 is 5.94. The van der Waals surface area contributed by atoms with Crippen molar-refractivity contribution in [2.45, 2.75) is 6.67 Å². The third kappa shape index (κ3) is 4.81. The van der Waals surface area contributed by atoms with Crippen LogP contribution < -0.4 is 5.32 Å². The van der Waals surface area contributed by atoms with Crippen LogP contribution >= 0.6 is 12.2 Å². The second kappa shape index (κ2) is 10.4. The smallest absolute Gasteiger partial charge is 0.335 e. The van der Waals surface area contributed by atoms with Crippen molar-refractivity contribution in [2.75, 3.05) is 5.32 Å². The summed E-state index contributed by atoms with van der Waals surface area (Å²) < 4.78 is 4.23. The number of carboxylic acid groups (broad SMARTS) is 1. The molecule has 0 bridgehead atoms. The van der Waals surface area contributed by atoms with Crippen LogP contribution in [0.15, 0.2) is 115 Å². The van der Waals surface area contributed by atoms with Crippen LogP contribution in [-0.2, 0) is 6.67 Å². The molecule has 6 rings (SSSR count). The number of nitrogens with one attached hydrogen (secondary N) is 1. The molecule has 7 nitrogen and oxygen atoms in total. The lowest BCUT2D eigenvalue weighted by atomic mass is 10.0. The lowest BCUT2D eigenvalue weighted by molar-refractivity contribution is 0.0697. The molecule has 4 aromatic carbocycles. The van der Waals surface area contributed by atoms with Gasteiger partial charge in [-0.1, -0.05) is 66.7 Å². The van der Waals surface area contributed by atoms with Crippen molar-refractivity contribution in [2.24, 2.45) is 0 Å². The molecule has 39 heavy (non-hydrogen) atoms. The van der Waals surface area contributed by atoms with E-state index in [1.54, 1.807) is 28.9 Å². The Morgan fingerprint density at radius 1 is 0.846 bits per heavy atom. The standard InChI is InChI=1S/C31H23N5O2S/c37-30(38)22-15-17-23(18-16-22)32-20-35-31(39)36(24-11-5-2-6-12-24)29(34-35)26-19-28(21-9-3-1-4-10-21)33-27-14-8-7-13-25(26)27/h1-19,32H,20H2,(H,37,38). The summed E-state index contributed by atoms with van der Waals surface area (Å²) in [5, 5.41) is 18.4. The lowest BCUT2D eigenvalue weighted by Gasteiger charge is -2.11. The number of anilines is 1. The van der Waals surface area contributed by atoms with Gasteiger partial charge >= 0.3 is 5.97 Å². The van der Waals surface area contributed by atoms with E-state index in [9.17, 15) is 9.90 Å². The van der Waals surface area contributed by atoms with Gasteiger partial charge in [-0.25, -0.2) is 14.5 Å². The quantitative estimate of drug-likeness (QED) is 0.216. The summed E-state index contributed by atoms with van der Waals surface area (Å²) in [6, 6.07) is 36.7. The van der Waals surface area contributed by atoms with Gasteiger partial charge in [-0.2, -0.15) is 0 Å². The number of nitrogens with zero attached hydrogens (tertiary/aromatic N) is 4. The predicted octanol–water partition coefficient (Wildman–Crippen LogP) is 7.05. The Bertz CT molecular complexity index is 1850. The number of benzene rings is 4. The van der Waals surface area contributed by atoms with Gasteiger partial charge in [-0.15, -0.1) is 5.10 Å². The third-order valence-corrected chi connectivity index (χ3v) is 6.84. The predicted molar refractivity (Wildman–Crippen MR) is 156 cm³/mol. The third-order valence-electron chi connectivity index (χ3n) is 6.45. The van der Waals surface area contributed by atoms with E-state index in [4.69, 9.17) is 22.3 Å². The largest absolute Gasteiger partial charge is 0.478 e. The van der Waals surface area contributed by atoms with Gasteiger partial charge in [0.2, 0.25) is 4.77 Å². The van der Waals surface area contributed by atoms with Crippen molar-refractivity contribution < 1.29 is 9.90 Å². The molecule has 0 fully saturated rings. The summed E-state index contributed by atoms with van der Waals surface area (Å²) in [4.78, 5) is 16.1. The maximum Gasteiger partial charge on any atom is 0.335 e. The Hall–Kier alpha value is -5.08. The van der Waals surface area contributed by atoms with Crippen molar-refractivity contribution in [3.63, 3.8) is 0 Å². The molecular weight excluding hydrogens is 506 g/mol. The highest BCUT2D eigenvalue weighted by Gasteiger charge is 2.19. The molecule has 0 unspecified atom stereocenters. The van der Waals surface area contributed by atoms with E-state index in [0.717, 1.165) is 39.1 Å². The van der Waals surface area contributed by atoms with Crippen LogP contribution in [0.5, 0.6) is 0 Å². The normalized spacial score (nSPS) is 11.0. The van der Waals surface area contributed by atoms with Gasteiger partial charge in [0, 0.05) is 27.9 Å². The number of carboxylic acids is 1. The van der Waals surface area contributed by atoms with Gasteiger partial charge in [0.05, 0.1) is 16.8 Å². The van der Waals surface area contributed by atoms with E-state index < -0.39 is 5.97 Å². The molecule has 0 atom stereocenters. The number of fused-ring (bicyclic) bond motifs is 1. The summed E-state index contributed by atoms with van der Waals surface area (Å²) in [5.41, 5.74) is 5.53. The first-order chi connectivity index (χ1) is 19.1. The van der Waals surface area contributed by atoms with Crippen molar-refractivity contribution in [1.82, 2.24) is 19.3 Å². The molecule has 8 heteroatoms. The summed E-state index contributed by atoms with van der Waals surface area (Å²) in [7, 11) is 0. The number of hydrogen-bond acceptors (Lipinski definition) is 5. The van der Waals surface area contributed by atoms with Crippen LogP contribution in [0.2, 0.25) is 0 Å². The van der Waals surface area contributed by atoms with Crippen LogP contribution in [0.1, 0.15) is 10.4 Å². The molecule has 2 heterocycles. The van der Waals surface area contributed by atoms with E-state index in [1.807, 2.05) is 89.5 Å². The molecule has 2 aromatic heterocycles. The molecule has 0 aliphatic heterocycles. The molecule has 0 spiro atoms. The zero-order valence-electron chi connectivity index (χ0n) is 20.7. The number of carbonyl (C=O) groups is 1. The number of rotatable bonds is 7. The van der Waals surface area contributed by atoms with Crippen LogP contribution in [0.25, 0.3) is 39.2 Å². The molecule has 0 amide bonds. The van der Waals surface area contributed by atoms with E-state index in [1.165, 1.54) is 0 Å². The topological polar surface area (TPSA) is 85.0 Å². The SMILES string of the molecule is O=C(O)c1ccc(NCn2nc(-c3cc(-c4ccccc4)nc4ccccc34)n(-c3ccccc3)c2=S)cc1. The minimum Gasteiger partial charge on any atom is -0.478 e. The number of aromatic nitrogens is 4. The fraction of sp³-hybridized carbons (Fsp3) is 0.0323. The van der Waals surface area contributed by atoms with E-state index in [2.05, 4.69) is 11.4 Å². The zero-order chi connectivity index (χ0) is 26.8. The average Bonchev–Trinajstić information content (AvgIpc) is 3.32. The Morgan fingerprint density at radius 3 is 2.23 bits per heavy atom. The number of aromatic carboxylic acids is 1. The first-order valence-electron chi connectivity index (χ1n) is 12.4. The van der Waals surface area contributed by atoms with E-state index >= 15 is 0 Å². The van der Waals surface area contributed by atoms with Gasteiger partial charge in [0.15, 0.2) is 5.82 Å². The molecule has 6 aromatic rings. The molecular formula is C31H23N5O2S. The first kappa shape index (κ1) is 24.3. The van der Waals surface area contributed by atoms with Crippen LogP contribution in [0.3, 0.4) is 0 Å². The van der Waals surface area contributed by atoms with Crippen molar-refractivity contribution in [1.29, 1.82) is 0 Å². The highest BCUT2D eigenvalue weighted by Crippen LogP contribution is 2.33. The van der Waals surface area contributed by atoms with Gasteiger partial charge < -0.3 is 10.4 Å². The van der Waals surface area contributed by atoms with Crippen molar-refractivity contribution >= 4 is 34.8 Å². The average molecular weight is 530 g/mol. The number of para-hydroxylation sites is 2. The van der Waals surface area contributed by atoms with Crippen LogP contribution in [0.4, 0.5) is 5.69 Å². The summed E-state index contributed by atoms with van der Waals surface area (Å²) in [5.74, 6) is -0.264. The number of hydrogen-bond donors (Lipinski definition) is 2. The Balaban J connectivity index is 1.50. The minimum atomic E-state index is -0.963. The maximum absolute atomic E-state index is 11.2. The van der Waals surface area contributed by atoms with E-state index in [0.29, 0.717) is 17.3 Å². The summed E-state index contributed by atoms with van der Waals surface area (Å²) in [6.07, 6.45) is 0. The second-order valence-corrected chi connectivity index (χ2v) is 9.30. The maximum atomic E-state index is 11.2. The molecule has 0 radical (unpaired) electrons. The highest BCUT2D eigenvalue weighted by molar-refractivity contribution is 7.71. The second-order valence-electron chi connectivity index (χ2n) is 8.93. The van der Waals surface area contributed by atoms with Gasteiger partial charge in [0.25, 0.3) is 0 Å². The molecule has 0 aliphatic rings. The zero-order valence-corrected chi connectivity index (χ0v) is 21.5. The van der Waals surface area contributed by atoms with E-state index in [-0.39, 0.29) is 5.56 Å². The first-order valence-corrected chi connectivity index (χ1v) is 12.8. The fourth-order valence-corrected chi connectivity index (χ4v) is 4.81. The van der Waals surface area contributed by atoms with Crippen molar-refractivity contribution in [3.05, 3.63) is 126 Å². The monoisotopic (exact) mass is 529 g/mol. The minimum absolute atomic E-state index is 0.228. The Labute approximate surface area is 229 Å². The molecule has 0 saturated heterocycles. The molecule has 190 valence electrons. The fourth-order valence-electron chi connectivity index (χ4n) is 4.51. The van der Waals surface area contributed by atoms with Gasteiger partial charge in [-0.3, -0.25) is 4.57 Å². The van der Waals surface area contributed by atoms with Crippen LogP contribution in [-0.4, -0.2) is 30.4 Å². The van der Waals surface area contributed by atoms with Gasteiger partial charge in [0.1, 0.15) is 6.67 Å². The summed E-state index contributed by atoms with van der Waals surface area (Å²) in [6.45, 7) is 0.298. The van der Waals surface area contributed by atoms with Gasteiger partial charge in [-0.05, 0) is 60.7 Å². The molecule has 0 saturated carbocycles. The Morgan fingerprint density at radius 2 is 1.51 bits per heavy atom. The lowest BCUT2D eigenvalue weighted by Crippen LogP contribution is -2.10.